The van der Waals surface area contributed by atoms with Gasteiger partial charge in [-0.15, -0.1) is 11.3 Å². The third kappa shape index (κ3) is 3.28. The summed E-state index contributed by atoms with van der Waals surface area (Å²) in [7, 11) is 0. The van der Waals surface area contributed by atoms with Crippen LogP contribution in [0.25, 0.3) is 11.4 Å². The first-order chi connectivity index (χ1) is 11.4. The number of amides is 1. The van der Waals surface area contributed by atoms with Crippen LogP contribution in [-0.4, -0.2) is 21.0 Å². The summed E-state index contributed by atoms with van der Waals surface area (Å²) >= 11 is 1.41. The van der Waals surface area contributed by atoms with E-state index >= 15 is 0 Å². The van der Waals surface area contributed by atoms with Gasteiger partial charge in [-0.2, -0.15) is 0 Å². The Morgan fingerprint density at radius 3 is 2.54 bits per heavy atom. The molecule has 0 aliphatic rings. The van der Waals surface area contributed by atoms with Crippen molar-refractivity contribution in [2.75, 3.05) is 5.32 Å². The summed E-state index contributed by atoms with van der Waals surface area (Å²) in [4.78, 5) is 30.9. The van der Waals surface area contributed by atoms with Crippen molar-refractivity contribution in [3.05, 3.63) is 50.4 Å². The molecule has 0 spiro atoms. The van der Waals surface area contributed by atoms with E-state index in [1.807, 2.05) is 20.8 Å². The third-order valence-corrected chi connectivity index (χ3v) is 4.83. The molecule has 0 aliphatic carbocycles. The van der Waals surface area contributed by atoms with Gasteiger partial charge in [-0.3, -0.25) is 14.3 Å². The number of rotatable bonds is 4. The fourth-order valence-electron chi connectivity index (χ4n) is 2.13. The zero-order valence-corrected chi connectivity index (χ0v) is 14.2. The summed E-state index contributed by atoms with van der Waals surface area (Å²) in [6.45, 7) is 5.93. The Morgan fingerprint density at radius 1 is 1.29 bits per heavy atom. The highest BCUT2D eigenvalue weighted by Gasteiger charge is 2.17. The predicted octanol–water partition coefficient (Wildman–Crippen LogP) is 3.17. The normalized spacial score (nSPS) is 11.0. The SMILES string of the molecule is Cc1nc(C(C)C)sc1C(=O)Nc1ccc(-c2noc(=O)[nH]2)cc1. The van der Waals surface area contributed by atoms with Crippen molar-refractivity contribution in [1.82, 2.24) is 15.1 Å². The van der Waals surface area contributed by atoms with Gasteiger partial charge in [-0.25, -0.2) is 9.78 Å². The third-order valence-electron chi connectivity index (χ3n) is 3.37. The summed E-state index contributed by atoms with van der Waals surface area (Å²) in [6.07, 6.45) is 0. The highest BCUT2D eigenvalue weighted by molar-refractivity contribution is 7.14. The number of carbonyl (C=O) groups is 1. The highest BCUT2D eigenvalue weighted by atomic mass is 32.1. The number of hydrogen-bond acceptors (Lipinski definition) is 6. The van der Waals surface area contributed by atoms with E-state index in [-0.39, 0.29) is 5.91 Å². The molecule has 2 aromatic heterocycles. The van der Waals surface area contributed by atoms with E-state index in [4.69, 9.17) is 0 Å². The molecule has 3 rings (SSSR count). The zero-order valence-electron chi connectivity index (χ0n) is 13.4. The molecule has 0 aliphatic heterocycles. The molecular weight excluding hydrogens is 328 g/mol. The molecule has 2 heterocycles. The maximum Gasteiger partial charge on any atom is 0.439 e. The Balaban J connectivity index is 1.76. The van der Waals surface area contributed by atoms with Gasteiger partial charge in [-0.05, 0) is 31.2 Å². The van der Waals surface area contributed by atoms with E-state index in [1.54, 1.807) is 24.3 Å². The molecule has 0 saturated heterocycles. The van der Waals surface area contributed by atoms with E-state index in [0.29, 0.717) is 27.9 Å². The number of hydrogen-bond donors (Lipinski definition) is 2. The lowest BCUT2D eigenvalue weighted by molar-refractivity contribution is 0.103. The van der Waals surface area contributed by atoms with Crippen LogP contribution in [0.4, 0.5) is 5.69 Å². The Morgan fingerprint density at radius 2 is 2.00 bits per heavy atom. The quantitative estimate of drug-likeness (QED) is 0.757. The summed E-state index contributed by atoms with van der Waals surface area (Å²) < 4.78 is 4.47. The van der Waals surface area contributed by atoms with Crippen LogP contribution in [0.1, 0.15) is 40.1 Å². The average Bonchev–Trinajstić information content (AvgIpc) is 3.14. The van der Waals surface area contributed by atoms with Crippen molar-refractivity contribution >= 4 is 22.9 Å². The Kier molecular flexibility index (Phi) is 4.30. The number of nitrogens with zero attached hydrogens (tertiary/aromatic N) is 2. The van der Waals surface area contributed by atoms with Crippen LogP contribution in [0.3, 0.4) is 0 Å². The standard InChI is InChI=1S/C16H16N4O3S/c1-8(2)15-17-9(3)12(24-15)14(21)18-11-6-4-10(5-7-11)13-19-16(22)23-20-13/h4-8H,1-3H3,(H,18,21)(H,19,20,22). The summed E-state index contributed by atoms with van der Waals surface area (Å²) in [5.41, 5.74) is 2.07. The van der Waals surface area contributed by atoms with Gasteiger partial charge in [0.25, 0.3) is 5.91 Å². The van der Waals surface area contributed by atoms with Crippen LogP contribution in [0, 0.1) is 6.92 Å². The molecule has 0 atom stereocenters. The van der Waals surface area contributed by atoms with E-state index in [1.165, 1.54) is 11.3 Å². The molecule has 0 fully saturated rings. The fraction of sp³-hybridized carbons (Fsp3) is 0.250. The van der Waals surface area contributed by atoms with Crippen molar-refractivity contribution in [2.45, 2.75) is 26.7 Å². The van der Waals surface area contributed by atoms with Crippen molar-refractivity contribution in [1.29, 1.82) is 0 Å². The van der Waals surface area contributed by atoms with Crippen LogP contribution < -0.4 is 11.1 Å². The number of benzene rings is 1. The fourth-order valence-corrected chi connectivity index (χ4v) is 3.09. The molecule has 0 saturated carbocycles. The molecule has 0 bridgehead atoms. The Bertz CT molecular complexity index is 921. The highest BCUT2D eigenvalue weighted by Crippen LogP contribution is 2.25. The lowest BCUT2D eigenvalue weighted by atomic mass is 10.2. The second-order valence-electron chi connectivity index (χ2n) is 5.60. The van der Waals surface area contributed by atoms with E-state index in [0.717, 1.165) is 10.7 Å². The molecule has 2 N–H and O–H groups in total. The molecular formula is C16H16N4O3S. The maximum atomic E-state index is 12.4. The summed E-state index contributed by atoms with van der Waals surface area (Å²) in [5.74, 6) is -0.152. The molecule has 3 aromatic rings. The van der Waals surface area contributed by atoms with Gasteiger partial charge in [0, 0.05) is 17.2 Å². The van der Waals surface area contributed by atoms with E-state index in [9.17, 15) is 9.59 Å². The predicted molar refractivity (Wildman–Crippen MR) is 91.5 cm³/mol. The summed E-state index contributed by atoms with van der Waals surface area (Å²) in [5, 5.41) is 7.42. The van der Waals surface area contributed by atoms with Crippen LogP contribution in [0.15, 0.2) is 33.6 Å². The number of thiazole rings is 1. The van der Waals surface area contributed by atoms with E-state index < -0.39 is 5.76 Å². The number of aromatic nitrogens is 3. The molecule has 0 radical (unpaired) electrons. The second-order valence-corrected chi connectivity index (χ2v) is 6.63. The average molecular weight is 344 g/mol. The second kappa shape index (κ2) is 6.40. The maximum absolute atomic E-state index is 12.4. The molecule has 0 unspecified atom stereocenters. The molecule has 8 heteroatoms. The van der Waals surface area contributed by atoms with Crippen LogP contribution >= 0.6 is 11.3 Å². The van der Waals surface area contributed by atoms with Crippen molar-refractivity contribution in [2.24, 2.45) is 0 Å². The first-order valence-corrected chi connectivity index (χ1v) is 8.21. The van der Waals surface area contributed by atoms with Crippen LogP contribution in [0.2, 0.25) is 0 Å². The van der Waals surface area contributed by atoms with Crippen molar-refractivity contribution in [3.8, 4) is 11.4 Å². The van der Waals surface area contributed by atoms with Gasteiger partial charge >= 0.3 is 5.76 Å². The van der Waals surface area contributed by atoms with Crippen molar-refractivity contribution < 1.29 is 9.32 Å². The molecule has 124 valence electrons. The molecule has 24 heavy (non-hydrogen) atoms. The number of aryl methyl sites for hydroxylation is 1. The minimum atomic E-state index is -0.607. The molecule has 1 amide bonds. The van der Waals surface area contributed by atoms with Crippen LogP contribution in [0.5, 0.6) is 0 Å². The van der Waals surface area contributed by atoms with E-state index in [2.05, 4.69) is 25.0 Å². The Hall–Kier alpha value is -2.74. The zero-order chi connectivity index (χ0) is 17.3. The molecule has 1 aromatic carbocycles. The number of nitrogens with one attached hydrogen (secondary N) is 2. The minimum absolute atomic E-state index is 0.181. The Labute approximate surface area is 141 Å². The lowest BCUT2D eigenvalue weighted by Gasteiger charge is -2.04. The van der Waals surface area contributed by atoms with Gasteiger partial charge in [-0.1, -0.05) is 19.0 Å². The lowest BCUT2D eigenvalue weighted by Crippen LogP contribution is -2.11. The number of H-pyrrole nitrogens is 1. The largest absolute Gasteiger partial charge is 0.439 e. The monoisotopic (exact) mass is 344 g/mol. The summed E-state index contributed by atoms with van der Waals surface area (Å²) in [6, 6.07) is 6.95. The van der Waals surface area contributed by atoms with Gasteiger partial charge in [0.1, 0.15) is 4.88 Å². The topological polar surface area (TPSA) is 101 Å². The van der Waals surface area contributed by atoms with Gasteiger partial charge in [0.05, 0.1) is 10.7 Å². The van der Waals surface area contributed by atoms with Crippen molar-refractivity contribution in [3.63, 3.8) is 0 Å². The van der Waals surface area contributed by atoms with Gasteiger partial charge in [0.2, 0.25) is 0 Å². The minimum Gasteiger partial charge on any atom is -0.321 e. The number of carbonyl (C=O) groups excluding carboxylic acids is 1. The molecule has 7 nitrogen and oxygen atoms in total. The number of anilines is 1. The van der Waals surface area contributed by atoms with Crippen LogP contribution in [-0.2, 0) is 0 Å². The van der Waals surface area contributed by atoms with Gasteiger partial charge < -0.3 is 5.32 Å². The number of aromatic amines is 1. The van der Waals surface area contributed by atoms with Gasteiger partial charge in [0.15, 0.2) is 5.82 Å². The first-order valence-electron chi connectivity index (χ1n) is 7.39. The smallest absolute Gasteiger partial charge is 0.321 e. The first kappa shape index (κ1) is 16.1.